The molecule has 0 heterocycles. The Kier molecular flexibility index (Phi) is 11.3. The van der Waals surface area contributed by atoms with Crippen LogP contribution in [0.4, 0.5) is 4.79 Å². The lowest BCUT2D eigenvalue weighted by molar-refractivity contribution is -0.209. The van der Waals surface area contributed by atoms with E-state index in [1.807, 2.05) is 20.8 Å². The molecule has 0 radical (unpaired) electrons. The van der Waals surface area contributed by atoms with E-state index in [0.29, 0.717) is 74.5 Å². The molecule has 8 heteroatoms. The summed E-state index contributed by atoms with van der Waals surface area (Å²) in [5.41, 5.74) is -0.193. The van der Waals surface area contributed by atoms with E-state index in [-0.39, 0.29) is 28.3 Å². The minimum Gasteiger partial charge on any atom is -0.444 e. The fourth-order valence-corrected chi connectivity index (χ4v) is 12.5. The molecule has 10 atom stereocenters. The topological polar surface area (TPSA) is 106 Å². The summed E-state index contributed by atoms with van der Waals surface area (Å²) in [7, 11) is 0. The average molecular weight is 675 g/mol. The number of carbonyl (C=O) groups excluding carboxylic acids is 2. The van der Waals surface area contributed by atoms with E-state index in [9.17, 15) is 14.7 Å². The van der Waals surface area contributed by atoms with Crippen LogP contribution >= 0.6 is 0 Å². The Bertz CT molecular complexity index is 1140. The van der Waals surface area contributed by atoms with Gasteiger partial charge < -0.3 is 30.0 Å². The lowest BCUT2D eigenvalue weighted by atomic mass is 9.36. The van der Waals surface area contributed by atoms with E-state index >= 15 is 0 Å². The zero-order valence-electron chi connectivity index (χ0n) is 31.9. The van der Waals surface area contributed by atoms with Gasteiger partial charge >= 0.3 is 6.09 Å². The molecule has 0 spiro atoms. The number of amides is 2. The van der Waals surface area contributed by atoms with E-state index in [1.165, 1.54) is 32.1 Å². The fraction of sp³-hybridized carbons (Fsp3) is 0.950. The first-order valence-corrected chi connectivity index (χ1v) is 19.6. The van der Waals surface area contributed by atoms with Crippen molar-refractivity contribution >= 4 is 12.0 Å². The second-order valence-electron chi connectivity index (χ2n) is 19.0. The van der Waals surface area contributed by atoms with Crippen molar-refractivity contribution in [3.8, 4) is 0 Å². The molecule has 2 amide bonds. The predicted octanol–water partition coefficient (Wildman–Crippen LogP) is 7.37. The van der Waals surface area contributed by atoms with Gasteiger partial charge in [0.15, 0.2) is 0 Å². The molecule has 0 aromatic heterocycles. The minimum absolute atomic E-state index is 0.0127. The quantitative estimate of drug-likeness (QED) is 0.198. The molecule has 5 saturated carbocycles. The maximum Gasteiger partial charge on any atom is 0.407 e. The molecular formula is C40H70N2O6. The molecule has 5 rings (SSSR count). The number of carbonyl (C=O) groups is 2. The maximum atomic E-state index is 14.3. The van der Waals surface area contributed by atoms with Crippen molar-refractivity contribution in [3.63, 3.8) is 0 Å². The number of hydrogen-bond acceptors (Lipinski definition) is 6. The summed E-state index contributed by atoms with van der Waals surface area (Å²) in [6.45, 7) is 22.8. The zero-order valence-corrected chi connectivity index (χ0v) is 31.9. The van der Waals surface area contributed by atoms with Gasteiger partial charge in [-0.2, -0.15) is 0 Å². The third kappa shape index (κ3) is 7.07. The number of nitrogens with one attached hydrogen (secondary N) is 2. The van der Waals surface area contributed by atoms with Crippen molar-refractivity contribution in [2.24, 2.45) is 63.1 Å². The minimum atomic E-state index is -0.517. The number of rotatable bonds is 11. The standard InChI is InChI=1S/C40H70N2O6/c1-26(2)27-14-17-40(34(44)41-20-22-46-24-25-47-23-21-42-35(45)48-36(3,4)5)19-18-38(8)28-12-13-31-37(6,7)32(43)15-16-39(31,9)29(28)10-11-30(38)33(27)40/h26-33,43H,10-25H2,1-9H3,(H,41,44)(H,42,45)/t27-,28?,29?,30?,31?,32+,33-,38-,39+,40-/m0/s1. The summed E-state index contributed by atoms with van der Waals surface area (Å²) < 4.78 is 16.6. The highest BCUT2D eigenvalue weighted by Gasteiger charge is 2.68. The molecule has 276 valence electrons. The summed E-state index contributed by atoms with van der Waals surface area (Å²) in [4.78, 5) is 26.0. The Morgan fingerprint density at radius 3 is 2.00 bits per heavy atom. The molecule has 0 bridgehead atoms. The molecule has 0 saturated heterocycles. The molecular weight excluding hydrogens is 604 g/mol. The van der Waals surface area contributed by atoms with Gasteiger partial charge in [0.2, 0.25) is 5.91 Å². The third-order valence-corrected chi connectivity index (χ3v) is 14.8. The van der Waals surface area contributed by atoms with Gasteiger partial charge in [0.05, 0.1) is 37.9 Å². The zero-order chi connectivity index (χ0) is 35.1. The lowest BCUT2D eigenvalue weighted by Crippen LogP contribution is -2.63. The molecule has 0 aliphatic heterocycles. The molecule has 3 N–H and O–H groups in total. The van der Waals surface area contributed by atoms with Gasteiger partial charge in [-0.15, -0.1) is 0 Å². The van der Waals surface area contributed by atoms with Gasteiger partial charge in [-0.1, -0.05) is 41.5 Å². The summed E-state index contributed by atoms with van der Waals surface area (Å²) in [6, 6.07) is 0. The van der Waals surface area contributed by atoms with Crippen LogP contribution < -0.4 is 10.6 Å². The van der Waals surface area contributed by atoms with Crippen LogP contribution in [0.25, 0.3) is 0 Å². The molecule has 5 aliphatic rings. The SMILES string of the molecule is CC(C)[C@@H]1CC[C@]2(C(=O)NCCOCCOCCNC(=O)OC(C)(C)C)CC[C@@]3(C)C4CCC5C(C)(C)[C@H](O)CC[C@]5(C)C4CCC3[C@H]12. The summed E-state index contributed by atoms with van der Waals surface area (Å²) in [6.07, 6.45) is 10.9. The Morgan fingerprint density at radius 2 is 1.35 bits per heavy atom. The summed E-state index contributed by atoms with van der Waals surface area (Å²) >= 11 is 0. The number of fused-ring (bicyclic) bond motifs is 7. The van der Waals surface area contributed by atoms with Gasteiger partial charge in [0, 0.05) is 13.1 Å². The van der Waals surface area contributed by atoms with Crippen molar-refractivity contribution in [3.05, 3.63) is 0 Å². The number of alkyl carbamates (subject to hydrolysis) is 1. The van der Waals surface area contributed by atoms with E-state index in [2.05, 4.69) is 52.2 Å². The fourth-order valence-electron chi connectivity index (χ4n) is 12.5. The van der Waals surface area contributed by atoms with Crippen LogP contribution in [-0.2, 0) is 19.0 Å². The first kappa shape index (κ1) is 37.9. The van der Waals surface area contributed by atoms with Crippen LogP contribution in [0.1, 0.15) is 127 Å². The van der Waals surface area contributed by atoms with Crippen molar-refractivity contribution in [1.29, 1.82) is 0 Å². The predicted molar refractivity (Wildman–Crippen MR) is 189 cm³/mol. The van der Waals surface area contributed by atoms with Crippen LogP contribution in [0.5, 0.6) is 0 Å². The van der Waals surface area contributed by atoms with Gasteiger partial charge in [-0.3, -0.25) is 4.79 Å². The van der Waals surface area contributed by atoms with Gasteiger partial charge in [-0.25, -0.2) is 4.79 Å². The first-order valence-electron chi connectivity index (χ1n) is 19.6. The Morgan fingerprint density at radius 1 is 0.750 bits per heavy atom. The van der Waals surface area contributed by atoms with Crippen molar-refractivity contribution in [2.75, 3.05) is 39.5 Å². The molecule has 5 fully saturated rings. The summed E-state index contributed by atoms with van der Waals surface area (Å²) in [5.74, 6) is 4.56. The normalized spacial score (nSPS) is 40.3. The number of hydrogen-bond donors (Lipinski definition) is 3. The lowest BCUT2D eigenvalue weighted by Gasteiger charge is -2.68. The van der Waals surface area contributed by atoms with E-state index in [0.717, 1.165) is 43.9 Å². The number of aliphatic hydroxyl groups is 1. The second-order valence-corrected chi connectivity index (χ2v) is 19.0. The van der Waals surface area contributed by atoms with Gasteiger partial charge in [-0.05, 0) is 143 Å². The maximum absolute atomic E-state index is 14.3. The Labute approximate surface area is 292 Å². The highest BCUT2D eigenvalue weighted by molar-refractivity contribution is 5.83. The van der Waals surface area contributed by atoms with Crippen molar-refractivity contribution < 1.29 is 28.9 Å². The van der Waals surface area contributed by atoms with Gasteiger partial charge in [0.1, 0.15) is 5.60 Å². The third-order valence-electron chi connectivity index (χ3n) is 14.8. The van der Waals surface area contributed by atoms with Crippen LogP contribution in [0.2, 0.25) is 0 Å². The van der Waals surface area contributed by atoms with Crippen LogP contribution in [0, 0.1) is 63.1 Å². The van der Waals surface area contributed by atoms with Crippen LogP contribution in [0.15, 0.2) is 0 Å². The highest BCUT2D eigenvalue weighted by Crippen LogP contribution is 2.73. The number of aliphatic hydroxyl groups excluding tert-OH is 1. The first-order chi connectivity index (χ1) is 22.5. The van der Waals surface area contributed by atoms with Crippen molar-refractivity contribution in [2.45, 2.75) is 138 Å². The van der Waals surface area contributed by atoms with E-state index in [4.69, 9.17) is 14.2 Å². The van der Waals surface area contributed by atoms with Crippen LogP contribution in [0.3, 0.4) is 0 Å². The molecule has 0 aromatic carbocycles. The Balaban J connectivity index is 1.15. The molecule has 0 aromatic rings. The second kappa shape index (κ2) is 14.3. The van der Waals surface area contributed by atoms with Crippen LogP contribution in [-0.4, -0.2) is 68.3 Å². The molecule has 48 heavy (non-hydrogen) atoms. The smallest absolute Gasteiger partial charge is 0.407 e. The van der Waals surface area contributed by atoms with Crippen molar-refractivity contribution in [1.82, 2.24) is 10.6 Å². The number of ether oxygens (including phenoxy) is 3. The Hall–Kier alpha value is -1.38. The molecule has 8 nitrogen and oxygen atoms in total. The monoisotopic (exact) mass is 675 g/mol. The van der Waals surface area contributed by atoms with Gasteiger partial charge in [0.25, 0.3) is 0 Å². The van der Waals surface area contributed by atoms with E-state index < -0.39 is 11.7 Å². The highest BCUT2D eigenvalue weighted by atomic mass is 16.6. The summed E-state index contributed by atoms with van der Waals surface area (Å²) in [5, 5.41) is 17.0. The average Bonchev–Trinajstić information content (AvgIpc) is 3.40. The molecule has 5 aliphatic carbocycles. The molecule has 4 unspecified atom stereocenters. The largest absolute Gasteiger partial charge is 0.444 e. The van der Waals surface area contributed by atoms with E-state index in [1.54, 1.807) is 0 Å².